The Morgan fingerprint density at radius 1 is 1.00 bits per heavy atom. The van der Waals surface area contributed by atoms with Crippen molar-refractivity contribution >= 4 is 5.97 Å². The molecular formula is C20H24O2. The molecule has 0 aliphatic rings. The summed E-state index contributed by atoms with van der Waals surface area (Å²) in [5.74, 6) is 0.244. The summed E-state index contributed by atoms with van der Waals surface area (Å²) in [7, 11) is 0. The molecule has 0 saturated heterocycles. The predicted molar refractivity (Wildman–Crippen MR) is 90.3 cm³/mol. The fraction of sp³-hybridized carbons (Fsp3) is 0.350. The number of hydrogen-bond acceptors (Lipinski definition) is 2. The van der Waals surface area contributed by atoms with Crippen LogP contribution in [0.4, 0.5) is 0 Å². The van der Waals surface area contributed by atoms with Crippen molar-refractivity contribution in [2.75, 3.05) is 0 Å². The molecule has 0 heterocycles. The summed E-state index contributed by atoms with van der Waals surface area (Å²) in [6.07, 6.45) is 0.723. The highest BCUT2D eigenvalue weighted by Crippen LogP contribution is 2.32. The maximum absolute atomic E-state index is 12.6. The fourth-order valence-electron chi connectivity index (χ4n) is 2.58. The normalized spacial score (nSPS) is 12.7. The van der Waals surface area contributed by atoms with Gasteiger partial charge in [0, 0.05) is 5.56 Å². The minimum Gasteiger partial charge on any atom is -0.426 e. The lowest BCUT2D eigenvalue weighted by Gasteiger charge is -2.23. The molecule has 0 bridgehead atoms. The summed E-state index contributed by atoms with van der Waals surface area (Å²) in [6.45, 7) is 8.37. The molecule has 0 saturated carbocycles. The number of esters is 1. The van der Waals surface area contributed by atoms with Gasteiger partial charge in [0.15, 0.2) is 0 Å². The number of ether oxygens (including phenoxy) is 1. The Morgan fingerprint density at radius 2 is 1.59 bits per heavy atom. The molecule has 2 aromatic carbocycles. The van der Waals surface area contributed by atoms with Gasteiger partial charge < -0.3 is 4.74 Å². The van der Waals surface area contributed by atoms with Crippen molar-refractivity contribution in [1.82, 2.24) is 0 Å². The summed E-state index contributed by atoms with van der Waals surface area (Å²) in [5, 5.41) is 0. The first kappa shape index (κ1) is 16.3. The molecule has 0 aliphatic carbocycles. The second-order valence-electron chi connectivity index (χ2n) is 6.54. The van der Waals surface area contributed by atoms with E-state index in [0.29, 0.717) is 5.75 Å². The average Bonchev–Trinajstić information content (AvgIpc) is 2.48. The minimum atomic E-state index is -0.228. The van der Waals surface area contributed by atoms with Crippen molar-refractivity contribution in [2.45, 2.75) is 45.4 Å². The summed E-state index contributed by atoms with van der Waals surface area (Å²) in [6, 6.07) is 17.6. The lowest BCUT2D eigenvalue weighted by Crippen LogP contribution is -2.21. The quantitative estimate of drug-likeness (QED) is 0.580. The topological polar surface area (TPSA) is 26.3 Å². The van der Waals surface area contributed by atoms with Gasteiger partial charge in [0.2, 0.25) is 0 Å². The van der Waals surface area contributed by atoms with Crippen LogP contribution in [0.5, 0.6) is 5.75 Å². The van der Waals surface area contributed by atoms with E-state index in [1.54, 1.807) is 0 Å². The molecule has 2 rings (SSSR count). The van der Waals surface area contributed by atoms with Crippen molar-refractivity contribution in [1.29, 1.82) is 0 Å². The standard InChI is InChI=1S/C20H24O2/c1-5-16(15-11-7-6-8-12-15)19(21)22-18-14-10-9-13-17(18)20(2,3)4/h6-14,16H,5H2,1-4H3/t16-/m1/s1. The highest BCUT2D eigenvalue weighted by molar-refractivity contribution is 5.80. The first-order valence-corrected chi connectivity index (χ1v) is 7.79. The van der Waals surface area contributed by atoms with E-state index < -0.39 is 0 Å². The van der Waals surface area contributed by atoms with Gasteiger partial charge in [0.05, 0.1) is 5.92 Å². The summed E-state index contributed by atoms with van der Waals surface area (Å²) >= 11 is 0. The van der Waals surface area contributed by atoms with Crippen molar-refractivity contribution in [3.8, 4) is 5.75 Å². The highest BCUT2D eigenvalue weighted by atomic mass is 16.5. The van der Waals surface area contributed by atoms with Gasteiger partial charge in [-0.25, -0.2) is 0 Å². The van der Waals surface area contributed by atoms with E-state index in [-0.39, 0.29) is 17.3 Å². The van der Waals surface area contributed by atoms with Crippen molar-refractivity contribution in [3.05, 3.63) is 65.7 Å². The lowest BCUT2D eigenvalue weighted by molar-refractivity contribution is -0.136. The molecule has 0 unspecified atom stereocenters. The zero-order valence-corrected chi connectivity index (χ0v) is 13.8. The molecule has 0 N–H and O–H groups in total. The number of hydrogen-bond donors (Lipinski definition) is 0. The monoisotopic (exact) mass is 296 g/mol. The van der Waals surface area contributed by atoms with Crippen molar-refractivity contribution < 1.29 is 9.53 Å². The molecule has 0 radical (unpaired) electrons. The van der Waals surface area contributed by atoms with Gasteiger partial charge in [-0.05, 0) is 23.5 Å². The third-order valence-electron chi connectivity index (χ3n) is 3.80. The molecule has 0 aliphatic heterocycles. The molecule has 116 valence electrons. The van der Waals surface area contributed by atoms with E-state index in [0.717, 1.165) is 17.5 Å². The van der Waals surface area contributed by atoms with Gasteiger partial charge >= 0.3 is 5.97 Å². The number of rotatable bonds is 4. The summed E-state index contributed by atoms with van der Waals surface area (Å²) in [5.41, 5.74) is 1.99. The Labute approximate surface area is 133 Å². The average molecular weight is 296 g/mol. The van der Waals surface area contributed by atoms with Crippen LogP contribution in [0.25, 0.3) is 0 Å². The van der Waals surface area contributed by atoms with Crippen LogP contribution in [0.1, 0.15) is 51.2 Å². The zero-order chi connectivity index (χ0) is 16.2. The first-order chi connectivity index (χ1) is 10.4. The maximum atomic E-state index is 12.6. The van der Waals surface area contributed by atoms with Gasteiger partial charge in [0.1, 0.15) is 5.75 Å². The van der Waals surface area contributed by atoms with Crippen LogP contribution in [0.15, 0.2) is 54.6 Å². The van der Waals surface area contributed by atoms with E-state index in [4.69, 9.17) is 4.74 Å². The highest BCUT2D eigenvalue weighted by Gasteiger charge is 2.24. The number of benzene rings is 2. The van der Waals surface area contributed by atoms with E-state index >= 15 is 0 Å². The van der Waals surface area contributed by atoms with Crippen LogP contribution in [-0.4, -0.2) is 5.97 Å². The van der Waals surface area contributed by atoms with Crippen LogP contribution in [0.3, 0.4) is 0 Å². The molecule has 2 aromatic rings. The minimum absolute atomic E-state index is 0.0642. The SMILES string of the molecule is CC[C@@H](C(=O)Oc1ccccc1C(C)(C)C)c1ccccc1. The Hall–Kier alpha value is -2.09. The Balaban J connectivity index is 2.25. The second kappa shape index (κ2) is 6.78. The largest absolute Gasteiger partial charge is 0.426 e. The van der Waals surface area contributed by atoms with Gasteiger partial charge in [0.25, 0.3) is 0 Å². The molecule has 2 nitrogen and oxygen atoms in total. The lowest BCUT2D eigenvalue weighted by atomic mass is 9.86. The molecule has 22 heavy (non-hydrogen) atoms. The first-order valence-electron chi connectivity index (χ1n) is 7.79. The molecule has 0 spiro atoms. The number of carbonyl (C=O) groups excluding carboxylic acids is 1. The second-order valence-corrected chi connectivity index (χ2v) is 6.54. The third kappa shape index (κ3) is 3.76. The maximum Gasteiger partial charge on any atom is 0.318 e. The predicted octanol–water partition coefficient (Wildman–Crippen LogP) is 5.08. The van der Waals surface area contributed by atoms with Crippen molar-refractivity contribution in [3.63, 3.8) is 0 Å². The van der Waals surface area contributed by atoms with E-state index in [1.165, 1.54) is 0 Å². The van der Waals surface area contributed by atoms with Crippen molar-refractivity contribution in [2.24, 2.45) is 0 Å². The number of para-hydroxylation sites is 1. The van der Waals surface area contributed by atoms with Crippen LogP contribution < -0.4 is 4.74 Å². The van der Waals surface area contributed by atoms with E-state index in [2.05, 4.69) is 20.8 Å². The molecule has 2 heteroatoms. The van der Waals surface area contributed by atoms with Crippen LogP contribution in [-0.2, 0) is 10.2 Å². The Kier molecular flexibility index (Phi) is 5.02. The van der Waals surface area contributed by atoms with Gasteiger partial charge in [-0.3, -0.25) is 4.79 Å². The van der Waals surface area contributed by atoms with Crippen LogP contribution >= 0.6 is 0 Å². The van der Waals surface area contributed by atoms with E-state index in [1.807, 2.05) is 61.5 Å². The van der Waals surface area contributed by atoms with Gasteiger partial charge in [-0.2, -0.15) is 0 Å². The molecule has 0 aromatic heterocycles. The van der Waals surface area contributed by atoms with Crippen LogP contribution in [0, 0.1) is 0 Å². The Bertz CT molecular complexity index is 624. The van der Waals surface area contributed by atoms with Crippen LogP contribution in [0.2, 0.25) is 0 Å². The van der Waals surface area contributed by atoms with Gasteiger partial charge in [-0.15, -0.1) is 0 Å². The summed E-state index contributed by atoms with van der Waals surface area (Å²) < 4.78 is 5.74. The number of carbonyl (C=O) groups is 1. The van der Waals surface area contributed by atoms with Gasteiger partial charge in [-0.1, -0.05) is 76.2 Å². The smallest absolute Gasteiger partial charge is 0.318 e. The van der Waals surface area contributed by atoms with E-state index in [9.17, 15) is 4.79 Å². The summed E-state index contributed by atoms with van der Waals surface area (Å²) in [4.78, 5) is 12.6. The third-order valence-corrected chi connectivity index (χ3v) is 3.80. The molecule has 0 fully saturated rings. The molecule has 0 amide bonds. The zero-order valence-electron chi connectivity index (χ0n) is 13.8. The molecular weight excluding hydrogens is 272 g/mol. The Morgan fingerprint density at radius 3 is 2.18 bits per heavy atom. The fourth-order valence-corrected chi connectivity index (χ4v) is 2.58. The molecule has 1 atom stereocenters.